The van der Waals surface area contributed by atoms with Crippen molar-refractivity contribution in [2.24, 2.45) is 47.3 Å². The highest BCUT2D eigenvalue weighted by Crippen LogP contribution is 2.68. The molecular formula is C34H24N2O4. The number of rotatable bonds is 2. The molecule has 0 spiro atoms. The molecule has 10 rings (SSSR count). The summed E-state index contributed by atoms with van der Waals surface area (Å²) in [6, 6.07) is 26.9. The molecule has 40 heavy (non-hydrogen) atoms. The molecule has 8 atom stereocenters. The van der Waals surface area contributed by atoms with Gasteiger partial charge in [0.1, 0.15) is 0 Å². The minimum absolute atomic E-state index is 0.109. The molecule has 0 aromatic heterocycles. The molecule has 6 aliphatic rings. The number of carbonyl (C=O) groups is 4. The predicted molar refractivity (Wildman–Crippen MR) is 150 cm³/mol. The average molecular weight is 525 g/mol. The molecule has 2 bridgehead atoms. The van der Waals surface area contributed by atoms with Gasteiger partial charge in [-0.15, -0.1) is 0 Å². The van der Waals surface area contributed by atoms with Crippen LogP contribution in [0.1, 0.15) is 0 Å². The molecule has 2 heterocycles. The Labute approximate surface area is 229 Å². The van der Waals surface area contributed by atoms with Gasteiger partial charge in [-0.1, -0.05) is 84.9 Å². The van der Waals surface area contributed by atoms with E-state index in [0.29, 0.717) is 11.4 Å². The van der Waals surface area contributed by atoms with Gasteiger partial charge in [0, 0.05) is 10.8 Å². The van der Waals surface area contributed by atoms with Gasteiger partial charge in [-0.05, 0) is 46.6 Å². The highest BCUT2D eigenvalue weighted by atomic mass is 16.2. The first-order chi connectivity index (χ1) is 19.6. The number of benzene rings is 4. The fourth-order valence-electron chi connectivity index (χ4n) is 8.88. The number of nitrogens with zero attached hydrogens (tertiary/aromatic N) is 2. The molecule has 4 aromatic rings. The van der Waals surface area contributed by atoms with Crippen LogP contribution in [-0.4, -0.2) is 23.6 Å². The van der Waals surface area contributed by atoms with Crippen LogP contribution in [0.25, 0.3) is 21.5 Å². The summed E-state index contributed by atoms with van der Waals surface area (Å²) in [5.74, 6) is -3.32. The lowest BCUT2D eigenvalue weighted by Crippen LogP contribution is -2.63. The van der Waals surface area contributed by atoms with E-state index in [1.165, 1.54) is 9.80 Å². The molecule has 0 N–H and O–H groups in total. The van der Waals surface area contributed by atoms with Crippen LogP contribution >= 0.6 is 0 Å². The van der Waals surface area contributed by atoms with E-state index in [9.17, 15) is 19.2 Å². The molecule has 6 nitrogen and oxygen atoms in total. The van der Waals surface area contributed by atoms with E-state index in [1.807, 2.05) is 84.9 Å². The Bertz CT molecular complexity index is 1810. The number of anilines is 2. The van der Waals surface area contributed by atoms with Gasteiger partial charge >= 0.3 is 0 Å². The molecule has 2 aliphatic heterocycles. The summed E-state index contributed by atoms with van der Waals surface area (Å²) >= 11 is 0. The summed E-state index contributed by atoms with van der Waals surface area (Å²) in [7, 11) is 0. The van der Waals surface area contributed by atoms with Crippen molar-refractivity contribution in [3.05, 3.63) is 97.1 Å². The Morgan fingerprint density at radius 2 is 0.800 bits per heavy atom. The van der Waals surface area contributed by atoms with Crippen LogP contribution in [0.5, 0.6) is 0 Å². The third kappa shape index (κ3) is 2.50. The lowest BCUT2D eigenvalue weighted by atomic mass is 9.40. The highest BCUT2D eigenvalue weighted by molar-refractivity contribution is 6.27. The molecule has 6 heteroatoms. The van der Waals surface area contributed by atoms with E-state index in [2.05, 4.69) is 12.2 Å². The summed E-state index contributed by atoms with van der Waals surface area (Å²) in [5, 5.41) is 3.67. The normalized spacial score (nSPS) is 33.5. The molecule has 4 amide bonds. The number of hydrogen-bond donors (Lipinski definition) is 0. The Morgan fingerprint density at radius 3 is 1.25 bits per heavy atom. The minimum atomic E-state index is -0.502. The predicted octanol–water partition coefficient (Wildman–Crippen LogP) is 4.97. The van der Waals surface area contributed by atoms with Crippen LogP contribution in [0.3, 0.4) is 0 Å². The monoisotopic (exact) mass is 524 g/mol. The number of hydrogen-bond acceptors (Lipinski definition) is 4. The summed E-state index contributed by atoms with van der Waals surface area (Å²) in [4.78, 5) is 58.7. The molecular weight excluding hydrogens is 500 g/mol. The van der Waals surface area contributed by atoms with Gasteiger partial charge in [0.05, 0.1) is 35.0 Å². The lowest BCUT2D eigenvalue weighted by molar-refractivity contribution is -0.166. The zero-order valence-corrected chi connectivity index (χ0v) is 21.4. The van der Waals surface area contributed by atoms with Crippen molar-refractivity contribution >= 4 is 56.5 Å². The van der Waals surface area contributed by atoms with Crippen molar-refractivity contribution < 1.29 is 19.2 Å². The zero-order chi connectivity index (χ0) is 26.9. The number of carbonyl (C=O) groups excluding carboxylic acids is 4. The molecule has 0 unspecified atom stereocenters. The van der Waals surface area contributed by atoms with Crippen molar-refractivity contribution in [1.82, 2.24) is 0 Å². The van der Waals surface area contributed by atoms with Gasteiger partial charge in [0.2, 0.25) is 23.6 Å². The topological polar surface area (TPSA) is 74.8 Å². The summed E-state index contributed by atoms with van der Waals surface area (Å²) < 4.78 is 0. The Hall–Kier alpha value is -4.58. The van der Waals surface area contributed by atoms with E-state index >= 15 is 0 Å². The van der Waals surface area contributed by atoms with Gasteiger partial charge < -0.3 is 0 Å². The molecule has 0 radical (unpaired) electrons. The zero-order valence-electron chi connectivity index (χ0n) is 21.4. The van der Waals surface area contributed by atoms with E-state index in [1.54, 1.807) is 0 Å². The van der Waals surface area contributed by atoms with Crippen LogP contribution in [-0.2, 0) is 19.2 Å². The van der Waals surface area contributed by atoms with E-state index in [0.717, 1.165) is 21.5 Å². The Morgan fingerprint density at radius 1 is 0.425 bits per heavy atom. The van der Waals surface area contributed by atoms with Gasteiger partial charge in [-0.25, -0.2) is 9.80 Å². The average Bonchev–Trinajstić information content (AvgIpc) is 3.36. The first-order valence-electron chi connectivity index (χ1n) is 14.0. The van der Waals surface area contributed by atoms with E-state index < -0.39 is 23.7 Å². The lowest BCUT2D eigenvalue weighted by Gasteiger charge is -2.60. The number of imide groups is 2. The molecule has 4 aliphatic carbocycles. The Kier molecular flexibility index (Phi) is 4.19. The fraction of sp³-hybridized carbons (Fsp3) is 0.235. The SMILES string of the molecule is O=C1[C@@H]2[C@H]3C=C[C@@H]([C@@H]2C(=O)N1c1cccc2ccccc12)[C@@H]1[C@@H]2C(=O)N(c4cccc5ccccc45)C(=O)[C@@H]2[C@H]31. The maximum absolute atomic E-state index is 14.0. The Balaban J connectivity index is 1.11. The third-order valence-corrected chi connectivity index (χ3v) is 10.4. The molecule has 194 valence electrons. The summed E-state index contributed by atoms with van der Waals surface area (Å²) in [5.41, 5.74) is 1.23. The van der Waals surface area contributed by atoms with Crippen LogP contribution < -0.4 is 9.80 Å². The maximum atomic E-state index is 14.0. The third-order valence-electron chi connectivity index (χ3n) is 10.4. The first kappa shape index (κ1) is 22.3. The van der Waals surface area contributed by atoms with E-state index in [4.69, 9.17) is 0 Å². The quantitative estimate of drug-likeness (QED) is 0.274. The van der Waals surface area contributed by atoms with Gasteiger partial charge in [-0.3, -0.25) is 19.2 Å². The summed E-state index contributed by atoms with van der Waals surface area (Å²) in [6.07, 6.45) is 4.11. The maximum Gasteiger partial charge on any atom is 0.238 e. The van der Waals surface area contributed by atoms with Crippen molar-refractivity contribution in [3.63, 3.8) is 0 Å². The standard InChI is InChI=1S/C34H24N2O4/c37-31-27-21-15-16-22(28(27)32(38)35(31)23-13-5-9-17-7-1-3-11-19(17)23)26-25(21)29-30(26)34(40)36(33(29)39)24-14-6-10-18-8-2-4-12-20(18)24/h1-16,21-22,25-30H/t21-,22+,25+,26-,27+,28-,29+,30-. The van der Waals surface area contributed by atoms with Crippen LogP contribution in [0.15, 0.2) is 97.1 Å². The summed E-state index contributed by atoms with van der Waals surface area (Å²) in [6.45, 7) is 0. The van der Waals surface area contributed by atoms with Gasteiger partial charge in [0.15, 0.2) is 0 Å². The number of fused-ring (bicyclic) bond motifs is 3. The van der Waals surface area contributed by atoms with E-state index in [-0.39, 0.29) is 47.3 Å². The van der Waals surface area contributed by atoms with Crippen molar-refractivity contribution in [3.8, 4) is 0 Å². The second kappa shape index (κ2) is 7.54. The molecule has 2 saturated heterocycles. The van der Waals surface area contributed by atoms with Gasteiger partial charge in [-0.2, -0.15) is 0 Å². The van der Waals surface area contributed by atoms with Crippen molar-refractivity contribution in [2.75, 3.05) is 9.80 Å². The smallest absolute Gasteiger partial charge is 0.238 e. The largest absolute Gasteiger partial charge is 0.274 e. The van der Waals surface area contributed by atoms with Gasteiger partial charge in [0.25, 0.3) is 0 Å². The molecule has 2 saturated carbocycles. The highest BCUT2D eigenvalue weighted by Gasteiger charge is 2.75. The first-order valence-corrected chi connectivity index (χ1v) is 14.0. The van der Waals surface area contributed by atoms with Crippen LogP contribution in [0.4, 0.5) is 11.4 Å². The molecule has 4 fully saturated rings. The second-order valence-electron chi connectivity index (χ2n) is 11.8. The van der Waals surface area contributed by atoms with Crippen LogP contribution in [0, 0.1) is 47.3 Å². The molecule has 4 aromatic carbocycles. The van der Waals surface area contributed by atoms with Crippen LogP contribution in [0.2, 0.25) is 0 Å². The fourth-order valence-corrected chi connectivity index (χ4v) is 8.88. The van der Waals surface area contributed by atoms with Crippen molar-refractivity contribution in [2.45, 2.75) is 0 Å². The second-order valence-corrected chi connectivity index (χ2v) is 11.8. The number of amides is 4. The van der Waals surface area contributed by atoms with Crippen molar-refractivity contribution in [1.29, 1.82) is 0 Å². The minimum Gasteiger partial charge on any atom is -0.274 e. The number of allylic oxidation sites excluding steroid dienone is 2.